The first-order valence-corrected chi connectivity index (χ1v) is 8.13. The van der Waals surface area contributed by atoms with Gasteiger partial charge >= 0.3 is 5.97 Å². The van der Waals surface area contributed by atoms with Crippen molar-refractivity contribution in [2.75, 3.05) is 0 Å². The Hall–Kier alpha value is -2.35. The Balaban J connectivity index is 2.16. The van der Waals surface area contributed by atoms with Crippen molar-refractivity contribution in [2.24, 2.45) is 0 Å². The standard InChI is InChI=1S/C16H18BrN3O4/c1-8(19-9(2)21)15(22)20-14(16(23)24)5-10-7-18-13-4-3-11(17)6-12(10)13/h3-4,6-8,14,18H,5H2,1-2H3,(H,19,21)(H,20,22)(H,23,24). The van der Waals surface area contributed by atoms with Gasteiger partial charge in [-0.25, -0.2) is 4.79 Å². The molecule has 0 fully saturated rings. The predicted octanol–water partition coefficient (Wildman–Crippen LogP) is 1.57. The molecule has 0 aliphatic carbocycles. The molecule has 128 valence electrons. The summed E-state index contributed by atoms with van der Waals surface area (Å²) in [7, 11) is 0. The first-order chi connectivity index (χ1) is 11.3. The van der Waals surface area contributed by atoms with E-state index in [0.717, 1.165) is 20.9 Å². The van der Waals surface area contributed by atoms with Gasteiger partial charge in [-0.3, -0.25) is 9.59 Å². The zero-order valence-corrected chi connectivity index (χ0v) is 14.8. The summed E-state index contributed by atoms with van der Waals surface area (Å²) >= 11 is 3.39. The lowest BCUT2D eigenvalue weighted by Crippen LogP contribution is -2.50. The Kier molecular flexibility index (Phi) is 5.61. The number of hydrogen-bond acceptors (Lipinski definition) is 3. The lowest BCUT2D eigenvalue weighted by atomic mass is 10.0. The number of carbonyl (C=O) groups is 3. The number of halogens is 1. The van der Waals surface area contributed by atoms with Gasteiger partial charge in [-0.15, -0.1) is 0 Å². The van der Waals surface area contributed by atoms with Crippen LogP contribution >= 0.6 is 15.9 Å². The molecule has 0 saturated heterocycles. The average molecular weight is 396 g/mol. The van der Waals surface area contributed by atoms with E-state index in [1.54, 1.807) is 6.20 Å². The Labute approximate surface area is 146 Å². The van der Waals surface area contributed by atoms with Crippen LogP contribution in [0.4, 0.5) is 0 Å². The molecule has 24 heavy (non-hydrogen) atoms. The molecule has 2 atom stereocenters. The molecule has 0 aliphatic heterocycles. The van der Waals surface area contributed by atoms with Gasteiger partial charge in [-0.1, -0.05) is 15.9 Å². The number of H-pyrrole nitrogens is 1. The number of aliphatic carboxylic acids is 1. The van der Waals surface area contributed by atoms with Crippen molar-refractivity contribution in [3.63, 3.8) is 0 Å². The van der Waals surface area contributed by atoms with Crippen molar-refractivity contribution in [3.05, 3.63) is 34.4 Å². The molecular formula is C16H18BrN3O4. The highest BCUT2D eigenvalue weighted by atomic mass is 79.9. The molecular weight excluding hydrogens is 378 g/mol. The van der Waals surface area contributed by atoms with Crippen LogP contribution in [0.5, 0.6) is 0 Å². The topological polar surface area (TPSA) is 111 Å². The Morgan fingerprint density at radius 3 is 2.62 bits per heavy atom. The molecule has 1 aromatic heterocycles. The van der Waals surface area contributed by atoms with Crippen molar-refractivity contribution in [1.29, 1.82) is 0 Å². The lowest BCUT2D eigenvalue weighted by Gasteiger charge is -2.18. The van der Waals surface area contributed by atoms with E-state index in [1.165, 1.54) is 13.8 Å². The molecule has 2 rings (SSSR count). The predicted molar refractivity (Wildman–Crippen MR) is 92.5 cm³/mol. The van der Waals surface area contributed by atoms with E-state index in [2.05, 4.69) is 31.5 Å². The van der Waals surface area contributed by atoms with Crippen molar-refractivity contribution < 1.29 is 19.5 Å². The number of carboxylic acids is 1. The fourth-order valence-electron chi connectivity index (χ4n) is 2.41. The van der Waals surface area contributed by atoms with Gasteiger partial charge in [-0.05, 0) is 30.7 Å². The summed E-state index contributed by atoms with van der Waals surface area (Å²) in [6.45, 7) is 2.79. The van der Waals surface area contributed by atoms with Gasteiger partial charge in [0.05, 0.1) is 0 Å². The van der Waals surface area contributed by atoms with E-state index in [9.17, 15) is 19.5 Å². The third-order valence-corrected chi connectivity index (χ3v) is 4.07. The second kappa shape index (κ2) is 7.48. The lowest BCUT2D eigenvalue weighted by molar-refractivity contribution is -0.142. The van der Waals surface area contributed by atoms with Crippen LogP contribution in [0, 0.1) is 0 Å². The number of rotatable bonds is 6. The highest BCUT2D eigenvalue weighted by Gasteiger charge is 2.24. The summed E-state index contributed by atoms with van der Waals surface area (Å²) in [6, 6.07) is 3.76. The molecule has 2 aromatic rings. The Morgan fingerprint density at radius 1 is 1.29 bits per heavy atom. The van der Waals surface area contributed by atoms with Crippen LogP contribution < -0.4 is 10.6 Å². The maximum absolute atomic E-state index is 12.0. The Bertz CT molecular complexity index is 787. The molecule has 1 aromatic carbocycles. The van der Waals surface area contributed by atoms with Crippen molar-refractivity contribution in [2.45, 2.75) is 32.4 Å². The molecule has 1 heterocycles. The fourth-order valence-corrected chi connectivity index (χ4v) is 2.77. The highest BCUT2D eigenvalue weighted by molar-refractivity contribution is 9.10. The number of hydrogen-bond donors (Lipinski definition) is 4. The van der Waals surface area contributed by atoms with Crippen molar-refractivity contribution >= 4 is 44.6 Å². The van der Waals surface area contributed by atoms with E-state index in [0.29, 0.717) is 0 Å². The summed E-state index contributed by atoms with van der Waals surface area (Å²) < 4.78 is 0.881. The van der Waals surface area contributed by atoms with E-state index >= 15 is 0 Å². The quantitative estimate of drug-likeness (QED) is 0.594. The summed E-state index contributed by atoms with van der Waals surface area (Å²) in [6.07, 6.45) is 1.86. The van der Waals surface area contributed by atoms with Crippen LogP contribution in [0.3, 0.4) is 0 Å². The molecule has 0 radical (unpaired) electrons. The van der Waals surface area contributed by atoms with Gasteiger partial charge < -0.3 is 20.7 Å². The largest absolute Gasteiger partial charge is 0.480 e. The zero-order valence-electron chi connectivity index (χ0n) is 13.2. The highest BCUT2D eigenvalue weighted by Crippen LogP contribution is 2.23. The van der Waals surface area contributed by atoms with Crippen LogP contribution in [0.1, 0.15) is 19.4 Å². The molecule has 2 amide bonds. The molecule has 8 heteroatoms. The maximum Gasteiger partial charge on any atom is 0.326 e. The summed E-state index contributed by atoms with van der Waals surface area (Å²) in [4.78, 5) is 37.6. The minimum Gasteiger partial charge on any atom is -0.480 e. The number of carboxylic acid groups (broad SMARTS) is 1. The number of aromatic nitrogens is 1. The first kappa shape index (κ1) is 18.0. The smallest absolute Gasteiger partial charge is 0.326 e. The molecule has 7 nitrogen and oxygen atoms in total. The second-order valence-corrected chi connectivity index (χ2v) is 6.45. The number of amides is 2. The van der Waals surface area contributed by atoms with Gasteiger partial charge in [0.15, 0.2) is 0 Å². The molecule has 0 aliphatic rings. The normalized spacial score (nSPS) is 13.3. The Morgan fingerprint density at radius 2 is 2.00 bits per heavy atom. The van der Waals surface area contributed by atoms with Crippen LogP contribution in [-0.2, 0) is 20.8 Å². The minimum atomic E-state index is -1.14. The number of benzene rings is 1. The third-order valence-electron chi connectivity index (χ3n) is 3.58. The van der Waals surface area contributed by atoms with E-state index in [-0.39, 0.29) is 12.3 Å². The number of nitrogens with one attached hydrogen (secondary N) is 3. The molecule has 0 bridgehead atoms. The summed E-state index contributed by atoms with van der Waals surface area (Å²) in [5.41, 5.74) is 1.67. The number of fused-ring (bicyclic) bond motifs is 1. The maximum atomic E-state index is 12.0. The molecule has 2 unspecified atom stereocenters. The number of aromatic amines is 1. The van der Waals surface area contributed by atoms with Crippen LogP contribution in [-0.4, -0.2) is 40.0 Å². The van der Waals surface area contributed by atoms with Crippen molar-refractivity contribution in [1.82, 2.24) is 15.6 Å². The summed E-state index contributed by atoms with van der Waals surface area (Å²) in [5.74, 6) is -2.03. The van der Waals surface area contributed by atoms with Gasteiger partial charge in [0.25, 0.3) is 0 Å². The van der Waals surface area contributed by atoms with Crippen LogP contribution in [0.25, 0.3) is 10.9 Å². The molecule has 0 spiro atoms. The monoisotopic (exact) mass is 395 g/mol. The van der Waals surface area contributed by atoms with Crippen molar-refractivity contribution in [3.8, 4) is 0 Å². The van der Waals surface area contributed by atoms with Crippen LogP contribution in [0.2, 0.25) is 0 Å². The van der Waals surface area contributed by atoms with E-state index in [1.807, 2.05) is 18.2 Å². The zero-order chi connectivity index (χ0) is 17.9. The van der Waals surface area contributed by atoms with Gasteiger partial charge in [0.2, 0.25) is 11.8 Å². The minimum absolute atomic E-state index is 0.129. The van der Waals surface area contributed by atoms with Gasteiger partial charge in [0.1, 0.15) is 12.1 Å². The van der Waals surface area contributed by atoms with Gasteiger partial charge in [-0.2, -0.15) is 0 Å². The van der Waals surface area contributed by atoms with Crippen LogP contribution in [0.15, 0.2) is 28.9 Å². The van der Waals surface area contributed by atoms with E-state index in [4.69, 9.17) is 0 Å². The average Bonchev–Trinajstić information content (AvgIpc) is 2.87. The molecule has 4 N–H and O–H groups in total. The van der Waals surface area contributed by atoms with Gasteiger partial charge in [0, 0.05) is 34.9 Å². The second-order valence-electron chi connectivity index (χ2n) is 5.53. The number of carbonyl (C=O) groups excluding carboxylic acids is 2. The first-order valence-electron chi connectivity index (χ1n) is 7.33. The summed E-state index contributed by atoms with van der Waals surface area (Å²) in [5, 5.41) is 15.2. The van der Waals surface area contributed by atoms with E-state index < -0.39 is 24.0 Å². The molecule has 0 saturated carbocycles. The SMILES string of the molecule is CC(=O)NC(C)C(=O)NC(Cc1c[nH]c2ccc(Br)cc12)C(=O)O. The fraction of sp³-hybridized carbons (Fsp3) is 0.312. The third kappa shape index (κ3) is 4.35.